The summed E-state index contributed by atoms with van der Waals surface area (Å²) in [6.07, 6.45) is 0. The number of phenolic OH excluding ortho intramolecular Hbond substituents is 3. The molecule has 0 aliphatic carbocycles. The molecule has 3 aromatic carbocycles. The minimum absolute atomic E-state index is 0.835. The van der Waals surface area contributed by atoms with Gasteiger partial charge in [0.25, 0.3) is 0 Å². The van der Waals surface area contributed by atoms with E-state index in [1.165, 1.54) is 0 Å². The molecular formula is C18H12F3O4P. The predicted molar refractivity (Wildman–Crippen MR) is 90.7 cm³/mol. The van der Waals surface area contributed by atoms with Crippen molar-refractivity contribution in [3.05, 3.63) is 72.0 Å². The molecule has 0 aliphatic heterocycles. The van der Waals surface area contributed by atoms with Crippen molar-refractivity contribution in [1.29, 1.82) is 0 Å². The summed E-state index contributed by atoms with van der Waals surface area (Å²) in [6, 6.07) is 8.83. The minimum Gasteiger partial charge on any atom is -0.507 e. The SMILES string of the molecule is O=P(c1c(O)cccc1F)(c1c(O)cccc1F)c1c(O)cccc1F. The van der Waals surface area contributed by atoms with Crippen molar-refractivity contribution in [3.63, 3.8) is 0 Å². The zero-order valence-electron chi connectivity index (χ0n) is 13.0. The van der Waals surface area contributed by atoms with Crippen LogP contribution in [0.3, 0.4) is 0 Å². The maximum Gasteiger partial charge on any atom is 0.190 e. The molecule has 0 radical (unpaired) electrons. The molecule has 134 valence electrons. The Morgan fingerprint density at radius 3 is 1.08 bits per heavy atom. The lowest BCUT2D eigenvalue weighted by Crippen LogP contribution is -2.31. The molecule has 4 nitrogen and oxygen atoms in total. The van der Waals surface area contributed by atoms with Crippen molar-refractivity contribution >= 4 is 23.1 Å². The first-order valence-electron chi connectivity index (χ1n) is 7.32. The lowest BCUT2D eigenvalue weighted by atomic mass is 10.3. The summed E-state index contributed by atoms with van der Waals surface area (Å²) in [5.41, 5.74) is 0. The molecule has 0 bridgehead atoms. The van der Waals surface area contributed by atoms with E-state index < -0.39 is 57.8 Å². The van der Waals surface area contributed by atoms with Crippen LogP contribution in [0.4, 0.5) is 13.2 Å². The third kappa shape index (κ3) is 2.61. The highest BCUT2D eigenvalue weighted by Crippen LogP contribution is 2.51. The van der Waals surface area contributed by atoms with E-state index in [1.807, 2.05) is 0 Å². The van der Waals surface area contributed by atoms with E-state index in [0.29, 0.717) is 0 Å². The molecule has 0 unspecified atom stereocenters. The molecule has 26 heavy (non-hydrogen) atoms. The molecule has 0 atom stereocenters. The molecule has 0 amide bonds. The molecule has 0 aliphatic rings. The monoisotopic (exact) mass is 380 g/mol. The lowest BCUT2D eigenvalue weighted by Gasteiger charge is -2.23. The number of phenols is 3. The van der Waals surface area contributed by atoms with Crippen molar-refractivity contribution in [2.75, 3.05) is 0 Å². The summed E-state index contributed by atoms with van der Waals surface area (Å²) >= 11 is 0. The van der Waals surface area contributed by atoms with Crippen LogP contribution in [-0.4, -0.2) is 15.3 Å². The topological polar surface area (TPSA) is 77.8 Å². The van der Waals surface area contributed by atoms with Gasteiger partial charge in [-0.3, -0.25) is 0 Å². The van der Waals surface area contributed by atoms with Gasteiger partial charge in [-0.1, -0.05) is 18.2 Å². The number of rotatable bonds is 3. The van der Waals surface area contributed by atoms with E-state index in [0.717, 1.165) is 54.6 Å². The molecule has 3 rings (SSSR count). The second-order valence-corrected chi connectivity index (χ2v) is 7.99. The third-order valence-electron chi connectivity index (χ3n) is 3.84. The Labute approximate surface area is 146 Å². The Kier molecular flexibility index (Phi) is 4.42. The maximum atomic E-state index is 14.5. The van der Waals surface area contributed by atoms with Gasteiger partial charge in [0, 0.05) is 0 Å². The average molecular weight is 380 g/mol. The number of benzene rings is 3. The number of halogens is 3. The van der Waals surface area contributed by atoms with Crippen LogP contribution in [0.25, 0.3) is 0 Å². The van der Waals surface area contributed by atoms with Gasteiger partial charge in [-0.2, -0.15) is 0 Å². The van der Waals surface area contributed by atoms with Crippen molar-refractivity contribution in [1.82, 2.24) is 0 Å². The minimum atomic E-state index is -4.88. The van der Waals surface area contributed by atoms with Gasteiger partial charge in [0.15, 0.2) is 7.14 Å². The number of aromatic hydroxyl groups is 3. The van der Waals surface area contributed by atoms with E-state index in [2.05, 4.69) is 0 Å². The van der Waals surface area contributed by atoms with Crippen LogP contribution in [-0.2, 0) is 4.57 Å². The Morgan fingerprint density at radius 1 is 0.577 bits per heavy atom. The fraction of sp³-hybridized carbons (Fsp3) is 0. The van der Waals surface area contributed by atoms with Crippen LogP contribution in [0.5, 0.6) is 17.2 Å². The fourth-order valence-corrected chi connectivity index (χ4v) is 5.77. The van der Waals surface area contributed by atoms with E-state index in [9.17, 15) is 33.1 Å². The molecule has 3 N–H and O–H groups in total. The van der Waals surface area contributed by atoms with Crippen molar-refractivity contribution in [2.24, 2.45) is 0 Å². The second kappa shape index (κ2) is 6.42. The van der Waals surface area contributed by atoms with Crippen LogP contribution < -0.4 is 15.9 Å². The lowest BCUT2D eigenvalue weighted by molar-refractivity contribution is 0.470. The van der Waals surface area contributed by atoms with Crippen LogP contribution >= 0.6 is 7.14 Å². The molecular weight excluding hydrogens is 368 g/mol. The third-order valence-corrected chi connectivity index (χ3v) is 7.06. The van der Waals surface area contributed by atoms with Crippen molar-refractivity contribution < 1.29 is 33.1 Å². The summed E-state index contributed by atoms with van der Waals surface area (Å²) in [5.74, 6) is -6.13. The van der Waals surface area contributed by atoms with Gasteiger partial charge in [-0.05, 0) is 36.4 Å². The zero-order chi connectivity index (χ0) is 19.1. The normalized spacial score (nSPS) is 11.5. The van der Waals surface area contributed by atoms with E-state index in [1.54, 1.807) is 0 Å². The highest BCUT2D eigenvalue weighted by atomic mass is 31.2. The van der Waals surface area contributed by atoms with Crippen molar-refractivity contribution in [2.45, 2.75) is 0 Å². The number of hydrogen-bond donors (Lipinski definition) is 3. The van der Waals surface area contributed by atoms with E-state index >= 15 is 0 Å². The van der Waals surface area contributed by atoms with Crippen LogP contribution in [0.15, 0.2) is 54.6 Å². The maximum absolute atomic E-state index is 14.5. The summed E-state index contributed by atoms with van der Waals surface area (Å²) in [4.78, 5) is 0. The standard InChI is InChI=1S/C18H12F3O4P/c19-10-4-1-7-13(22)16(10)26(25,17-11(20)5-2-8-14(17)23)18-12(21)6-3-9-15(18)24/h1-9,22-24H. The summed E-state index contributed by atoms with van der Waals surface area (Å²) in [6.45, 7) is 0. The Balaban J connectivity index is 2.56. The quantitative estimate of drug-likeness (QED) is 0.611. The largest absolute Gasteiger partial charge is 0.507 e. The summed E-state index contributed by atoms with van der Waals surface area (Å²) in [7, 11) is -4.88. The smallest absolute Gasteiger partial charge is 0.190 e. The molecule has 8 heteroatoms. The van der Waals surface area contributed by atoms with Gasteiger partial charge in [0.1, 0.15) is 34.7 Å². The van der Waals surface area contributed by atoms with Gasteiger partial charge < -0.3 is 19.9 Å². The Bertz CT molecular complexity index is 860. The molecule has 0 fully saturated rings. The first kappa shape index (κ1) is 17.9. The second-order valence-electron chi connectivity index (χ2n) is 5.43. The van der Waals surface area contributed by atoms with Gasteiger partial charge in [-0.25, -0.2) is 13.2 Å². The van der Waals surface area contributed by atoms with Gasteiger partial charge in [0.2, 0.25) is 0 Å². The van der Waals surface area contributed by atoms with Crippen LogP contribution in [0.1, 0.15) is 0 Å². The fourth-order valence-electron chi connectivity index (χ4n) is 2.78. The Morgan fingerprint density at radius 2 is 0.846 bits per heavy atom. The molecule has 0 saturated heterocycles. The van der Waals surface area contributed by atoms with Gasteiger partial charge in [-0.15, -0.1) is 0 Å². The highest BCUT2D eigenvalue weighted by molar-refractivity contribution is 7.85. The zero-order valence-corrected chi connectivity index (χ0v) is 13.9. The molecule has 3 aromatic rings. The summed E-state index contributed by atoms with van der Waals surface area (Å²) in [5, 5.41) is 27.5. The summed E-state index contributed by atoms with van der Waals surface area (Å²) < 4.78 is 57.5. The molecule has 0 saturated carbocycles. The average Bonchev–Trinajstić information content (AvgIpc) is 2.54. The molecule has 0 aromatic heterocycles. The van der Waals surface area contributed by atoms with Gasteiger partial charge in [0.05, 0.1) is 15.9 Å². The molecule has 0 heterocycles. The van der Waals surface area contributed by atoms with Gasteiger partial charge >= 0.3 is 0 Å². The van der Waals surface area contributed by atoms with E-state index in [-0.39, 0.29) is 0 Å². The predicted octanol–water partition coefficient (Wildman–Crippen LogP) is 2.86. The molecule has 0 spiro atoms. The number of hydrogen-bond acceptors (Lipinski definition) is 4. The highest BCUT2D eigenvalue weighted by Gasteiger charge is 2.43. The van der Waals surface area contributed by atoms with Crippen LogP contribution in [0.2, 0.25) is 0 Å². The first-order valence-corrected chi connectivity index (χ1v) is 9.03. The van der Waals surface area contributed by atoms with Crippen molar-refractivity contribution in [3.8, 4) is 17.2 Å². The van der Waals surface area contributed by atoms with Crippen LogP contribution in [0, 0.1) is 17.5 Å². The first-order chi connectivity index (χ1) is 12.3. The Hall–Kier alpha value is -2.92. The van der Waals surface area contributed by atoms with E-state index in [4.69, 9.17) is 0 Å².